The second kappa shape index (κ2) is 12.6. The van der Waals surface area contributed by atoms with Crippen molar-refractivity contribution in [2.45, 2.75) is 26.7 Å². The van der Waals surface area contributed by atoms with E-state index in [1.165, 1.54) is 44.2 Å². The van der Waals surface area contributed by atoms with Gasteiger partial charge < -0.3 is 19.4 Å². The van der Waals surface area contributed by atoms with Crippen LogP contribution in [0.5, 0.6) is 11.5 Å². The average molecular weight is 874 g/mol. The van der Waals surface area contributed by atoms with E-state index in [0.717, 1.165) is 0 Å². The van der Waals surface area contributed by atoms with Crippen LogP contribution in [-0.2, 0) is 24.0 Å². The van der Waals surface area contributed by atoms with Crippen LogP contribution in [0.2, 0.25) is 0 Å². The molecule has 1 fully saturated rings. The first-order chi connectivity index (χ1) is 21.2. The van der Waals surface area contributed by atoms with Gasteiger partial charge in [-0.05, 0) is 99.6 Å². The maximum absolute atomic E-state index is 13.1. The van der Waals surface area contributed by atoms with Gasteiger partial charge in [-0.15, -0.1) is 5.06 Å². The number of esters is 2. The molecule has 2 heterocycles. The summed E-state index contributed by atoms with van der Waals surface area (Å²) in [5, 5.41) is 11.2. The fourth-order valence-electron chi connectivity index (χ4n) is 4.61. The zero-order chi connectivity index (χ0) is 32.9. The number of benzene rings is 3. The fourth-order valence-corrected chi connectivity index (χ4v) is 7.34. The van der Waals surface area contributed by atoms with Gasteiger partial charge in [0.25, 0.3) is 11.8 Å². The second-order valence-electron chi connectivity index (χ2n) is 9.45. The molecule has 0 spiro atoms. The van der Waals surface area contributed by atoms with Gasteiger partial charge in [0.05, 0.1) is 30.8 Å². The Morgan fingerprint density at radius 1 is 0.800 bits per heavy atom. The van der Waals surface area contributed by atoms with E-state index in [-0.39, 0.29) is 66.7 Å². The molecule has 2 amide bonds. The Morgan fingerprint density at radius 3 is 1.73 bits per heavy atom. The van der Waals surface area contributed by atoms with Gasteiger partial charge in [-0.25, -0.2) is 14.0 Å². The van der Waals surface area contributed by atoms with Crippen molar-refractivity contribution >= 4 is 121 Å². The summed E-state index contributed by atoms with van der Waals surface area (Å²) in [6.07, 6.45) is -0.224. The van der Waals surface area contributed by atoms with Crippen molar-refractivity contribution in [2.24, 2.45) is 0 Å². The van der Waals surface area contributed by atoms with E-state index < -0.39 is 35.7 Å². The van der Waals surface area contributed by atoms with Crippen LogP contribution in [0, 0.1) is 0 Å². The number of carboxylic acids is 1. The lowest BCUT2D eigenvalue weighted by atomic mass is 9.92. The summed E-state index contributed by atoms with van der Waals surface area (Å²) in [6.45, 7) is 2.41. The molecule has 1 N–H and O–H groups in total. The summed E-state index contributed by atoms with van der Waals surface area (Å²) >= 11 is 13.6. The molecule has 5 rings (SSSR count). The highest BCUT2D eigenvalue weighted by Gasteiger charge is 2.35. The summed E-state index contributed by atoms with van der Waals surface area (Å²) in [6, 6.07) is 6.69. The molecular weight excluding hydrogens is 858 g/mol. The molecule has 0 saturated carbocycles. The number of fused-ring (bicyclic) bond motifs is 2. The number of halogens is 4. The van der Waals surface area contributed by atoms with Crippen LogP contribution in [0.1, 0.15) is 47.4 Å². The molecule has 0 unspecified atom stereocenters. The first kappa shape index (κ1) is 32.7. The number of imide groups is 1. The number of hydrogen-bond donors (Lipinski definition) is 1. The van der Waals surface area contributed by atoms with E-state index in [1.807, 2.05) is 0 Å². The highest BCUT2D eigenvalue weighted by Crippen LogP contribution is 2.50. The number of hydrogen-bond acceptors (Lipinski definition) is 9. The SMILES string of the molecule is CC(=O)Oc1c(Br)cc2c(-c3cc(C(=O)ON4C(=O)CCC4=O)ccc3C(=O)O)c3cc(Br)c(OC(C)=O)c(Br)c3[o+]c2c1Br. The molecule has 4 aromatic rings. The highest BCUT2D eigenvalue weighted by atomic mass is 79.9. The van der Waals surface area contributed by atoms with Crippen LogP contribution >= 0.6 is 63.7 Å². The van der Waals surface area contributed by atoms with Gasteiger partial charge in [-0.3, -0.25) is 19.2 Å². The topological polar surface area (TPSA) is 165 Å². The quantitative estimate of drug-likeness (QED) is 0.0677. The minimum atomic E-state index is -1.35. The number of amides is 2. The van der Waals surface area contributed by atoms with Crippen LogP contribution in [0.4, 0.5) is 0 Å². The molecule has 16 heteroatoms. The number of carbonyl (C=O) groups excluding carboxylic acids is 5. The molecule has 0 radical (unpaired) electrons. The molecule has 230 valence electrons. The number of rotatable bonds is 6. The molecule has 0 atom stereocenters. The van der Waals surface area contributed by atoms with E-state index in [1.54, 1.807) is 0 Å². The Morgan fingerprint density at radius 2 is 1.29 bits per heavy atom. The monoisotopic (exact) mass is 870 g/mol. The van der Waals surface area contributed by atoms with Crippen molar-refractivity contribution in [3.8, 4) is 22.6 Å². The van der Waals surface area contributed by atoms with Crippen molar-refractivity contribution < 1.29 is 52.6 Å². The van der Waals surface area contributed by atoms with Crippen LogP contribution < -0.4 is 9.47 Å². The standard InChI is InChI=1S/C29H15Br4NO11/c1-10(35)42-26-17(30)8-15-21(16-9-18(31)27(43-11(2)36)23(33)25(16)44-24(15)22(26)32)14-7-12(3-4-13(14)28(39)40)29(41)45-34-19(37)5-6-20(34)38/h3-4,7-9H,5-6H2,1-2H3/p+1. The van der Waals surface area contributed by atoms with Gasteiger partial charge in [0, 0.05) is 32.3 Å². The van der Waals surface area contributed by atoms with Gasteiger partial charge in [0.1, 0.15) is 0 Å². The number of aromatic carboxylic acids is 1. The number of carboxylic acid groups (broad SMARTS) is 1. The molecule has 1 aliphatic rings. The lowest BCUT2D eigenvalue weighted by molar-refractivity contribution is -0.172. The van der Waals surface area contributed by atoms with Gasteiger partial charge in [-0.1, -0.05) is 0 Å². The number of nitrogens with zero attached hydrogens (tertiary/aromatic N) is 1. The van der Waals surface area contributed by atoms with E-state index in [0.29, 0.717) is 24.8 Å². The summed E-state index contributed by atoms with van der Waals surface area (Å²) in [7, 11) is 0. The first-order valence-corrected chi connectivity index (χ1v) is 15.8. The maximum Gasteiger partial charge on any atom is 0.379 e. The fraction of sp³-hybridized carbons (Fsp3) is 0.138. The number of hydroxylamine groups is 2. The molecule has 3 aromatic carbocycles. The molecule has 0 bridgehead atoms. The minimum absolute atomic E-state index is 0.0138. The zero-order valence-electron chi connectivity index (χ0n) is 22.8. The van der Waals surface area contributed by atoms with E-state index >= 15 is 0 Å². The van der Waals surface area contributed by atoms with Crippen molar-refractivity contribution in [3.63, 3.8) is 0 Å². The summed E-state index contributed by atoms with van der Waals surface area (Å²) in [4.78, 5) is 78.6. The van der Waals surface area contributed by atoms with Crippen LogP contribution in [0.3, 0.4) is 0 Å². The van der Waals surface area contributed by atoms with Crippen molar-refractivity contribution in [1.29, 1.82) is 0 Å². The van der Waals surface area contributed by atoms with Gasteiger partial charge >= 0.3 is 35.0 Å². The minimum Gasteiger partial charge on any atom is -0.478 e. The van der Waals surface area contributed by atoms with Gasteiger partial charge in [0.2, 0.25) is 0 Å². The normalized spacial score (nSPS) is 13.0. The lowest BCUT2D eigenvalue weighted by Crippen LogP contribution is -2.32. The number of carbonyl (C=O) groups is 6. The Bertz CT molecular complexity index is 1940. The number of ether oxygens (including phenoxy) is 2. The van der Waals surface area contributed by atoms with E-state index in [2.05, 4.69) is 63.7 Å². The van der Waals surface area contributed by atoms with Crippen LogP contribution in [0.25, 0.3) is 33.1 Å². The molecule has 45 heavy (non-hydrogen) atoms. The smallest absolute Gasteiger partial charge is 0.379 e. The highest BCUT2D eigenvalue weighted by molar-refractivity contribution is 9.11. The summed E-state index contributed by atoms with van der Waals surface area (Å²) in [5.74, 6) is -4.93. The third-order valence-corrected chi connectivity index (χ3v) is 9.05. The molecule has 1 saturated heterocycles. The van der Waals surface area contributed by atoms with E-state index in [4.69, 9.17) is 18.7 Å². The maximum atomic E-state index is 13.1. The second-order valence-corrected chi connectivity index (χ2v) is 12.7. The average Bonchev–Trinajstić information content (AvgIpc) is 3.28. The van der Waals surface area contributed by atoms with Gasteiger partial charge in [0.15, 0.2) is 20.4 Å². The Kier molecular flexibility index (Phi) is 9.13. The summed E-state index contributed by atoms with van der Waals surface area (Å²) < 4.78 is 17.9. The third-order valence-electron chi connectivity index (χ3n) is 6.43. The first-order valence-electron chi connectivity index (χ1n) is 12.6. The zero-order valence-corrected chi connectivity index (χ0v) is 29.1. The van der Waals surface area contributed by atoms with Crippen LogP contribution in [-0.4, -0.2) is 45.9 Å². The van der Waals surface area contributed by atoms with Gasteiger partial charge in [-0.2, -0.15) is 0 Å². The summed E-state index contributed by atoms with van der Waals surface area (Å²) in [5.41, 5.74) is 0.0194. The lowest BCUT2D eigenvalue weighted by Gasteiger charge is -2.15. The Balaban J connectivity index is 1.88. The molecule has 12 nitrogen and oxygen atoms in total. The Hall–Kier alpha value is -3.73. The van der Waals surface area contributed by atoms with E-state index in [9.17, 15) is 33.9 Å². The largest absolute Gasteiger partial charge is 0.478 e. The molecule has 0 aliphatic carbocycles. The third kappa shape index (κ3) is 6.11. The van der Waals surface area contributed by atoms with Crippen LogP contribution in [0.15, 0.2) is 52.6 Å². The molecule has 1 aromatic heterocycles. The van der Waals surface area contributed by atoms with Crippen molar-refractivity contribution in [1.82, 2.24) is 5.06 Å². The molecule has 1 aliphatic heterocycles. The predicted octanol–water partition coefficient (Wildman–Crippen LogP) is 7.35. The van der Waals surface area contributed by atoms with Crippen molar-refractivity contribution in [2.75, 3.05) is 0 Å². The predicted molar refractivity (Wildman–Crippen MR) is 170 cm³/mol. The molecular formula is C29H16Br4NO11+. The Labute approximate surface area is 286 Å². The van der Waals surface area contributed by atoms with Crippen molar-refractivity contribution in [3.05, 3.63) is 59.3 Å².